The minimum atomic E-state index is -0.961. The van der Waals surface area contributed by atoms with Crippen LogP contribution < -0.4 is 9.80 Å². The van der Waals surface area contributed by atoms with Crippen molar-refractivity contribution in [1.82, 2.24) is 4.90 Å². The molecule has 2 aromatic rings. The molecule has 1 fully saturated rings. The molecule has 0 aromatic heterocycles. The Hall–Kier alpha value is -3.42. The number of hydrogen-bond donors (Lipinski definition) is 0. The Labute approximate surface area is 181 Å². The number of ether oxygens (including phenoxy) is 1. The molecule has 31 heavy (non-hydrogen) atoms. The molecule has 0 spiro atoms. The molecule has 3 rings (SSSR count). The van der Waals surface area contributed by atoms with Crippen LogP contribution in [0.3, 0.4) is 0 Å². The third-order valence-electron chi connectivity index (χ3n) is 5.16. The molecule has 2 aromatic carbocycles. The van der Waals surface area contributed by atoms with E-state index < -0.39 is 29.8 Å². The summed E-state index contributed by atoms with van der Waals surface area (Å²) in [5, 5.41) is 0. The van der Waals surface area contributed by atoms with Gasteiger partial charge in [-0.2, -0.15) is 0 Å². The number of hydrogen-bond acceptors (Lipinski definition) is 5. The zero-order valence-electron chi connectivity index (χ0n) is 17.9. The van der Waals surface area contributed by atoms with Gasteiger partial charge in [-0.15, -0.1) is 0 Å². The first-order valence-corrected chi connectivity index (χ1v) is 10.1. The molecular formula is C23H26FN3O4. The van der Waals surface area contributed by atoms with Crippen LogP contribution in [-0.2, 0) is 20.7 Å². The van der Waals surface area contributed by atoms with Crippen LogP contribution in [0.15, 0.2) is 48.5 Å². The minimum absolute atomic E-state index is 0.188. The summed E-state index contributed by atoms with van der Waals surface area (Å²) in [5.41, 5.74) is 2.32. The Morgan fingerprint density at radius 2 is 1.71 bits per heavy atom. The number of imide groups is 1. The van der Waals surface area contributed by atoms with E-state index in [9.17, 15) is 18.8 Å². The summed E-state index contributed by atoms with van der Waals surface area (Å²) in [7, 11) is 3.90. The lowest BCUT2D eigenvalue weighted by atomic mass is 10.1. The Morgan fingerprint density at radius 3 is 2.29 bits per heavy atom. The average Bonchev–Trinajstić information content (AvgIpc) is 2.97. The number of carbonyl (C=O) groups is 3. The molecule has 1 unspecified atom stereocenters. The SMILES string of the molecule is CCOC(=O)CC1C(=O)N(c2ccc(F)cc2)C(=O)N1CCc1ccc(N(C)C)cc1. The van der Waals surface area contributed by atoms with Crippen LogP contribution in [0.25, 0.3) is 0 Å². The molecule has 1 heterocycles. The Kier molecular flexibility index (Phi) is 6.89. The molecule has 0 radical (unpaired) electrons. The molecule has 1 aliphatic heterocycles. The molecule has 1 atom stereocenters. The van der Waals surface area contributed by atoms with Gasteiger partial charge >= 0.3 is 12.0 Å². The van der Waals surface area contributed by atoms with Crippen LogP contribution in [0.2, 0.25) is 0 Å². The third-order valence-corrected chi connectivity index (χ3v) is 5.16. The highest BCUT2D eigenvalue weighted by Gasteiger charge is 2.46. The summed E-state index contributed by atoms with van der Waals surface area (Å²) < 4.78 is 18.3. The van der Waals surface area contributed by atoms with Crippen molar-refractivity contribution in [3.8, 4) is 0 Å². The fourth-order valence-corrected chi connectivity index (χ4v) is 3.50. The van der Waals surface area contributed by atoms with Crippen LogP contribution in [-0.4, -0.2) is 56.1 Å². The highest BCUT2D eigenvalue weighted by Crippen LogP contribution is 2.27. The van der Waals surface area contributed by atoms with Gasteiger partial charge in [-0.05, 0) is 55.3 Å². The molecule has 8 heteroatoms. The van der Waals surface area contributed by atoms with Gasteiger partial charge in [0.1, 0.15) is 11.9 Å². The van der Waals surface area contributed by atoms with E-state index >= 15 is 0 Å². The maximum absolute atomic E-state index is 13.3. The summed E-state index contributed by atoms with van der Waals surface area (Å²) in [5.74, 6) is -1.54. The van der Waals surface area contributed by atoms with Crippen molar-refractivity contribution in [2.75, 3.05) is 37.0 Å². The number of anilines is 2. The zero-order valence-corrected chi connectivity index (χ0v) is 17.9. The maximum atomic E-state index is 13.3. The maximum Gasteiger partial charge on any atom is 0.332 e. The Balaban J connectivity index is 1.81. The summed E-state index contributed by atoms with van der Waals surface area (Å²) >= 11 is 0. The molecular weight excluding hydrogens is 401 g/mol. The van der Waals surface area contributed by atoms with Crippen molar-refractivity contribution in [3.05, 3.63) is 59.9 Å². The lowest BCUT2D eigenvalue weighted by Crippen LogP contribution is -2.38. The first-order valence-electron chi connectivity index (χ1n) is 10.1. The van der Waals surface area contributed by atoms with Gasteiger partial charge in [0.15, 0.2) is 0 Å². The predicted octanol–water partition coefficient (Wildman–Crippen LogP) is 3.22. The highest BCUT2D eigenvalue weighted by atomic mass is 19.1. The molecule has 1 aliphatic rings. The van der Waals surface area contributed by atoms with E-state index in [1.807, 2.05) is 43.3 Å². The van der Waals surface area contributed by atoms with Crippen LogP contribution in [0.5, 0.6) is 0 Å². The van der Waals surface area contributed by atoms with E-state index in [1.165, 1.54) is 29.2 Å². The average molecular weight is 427 g/mol. The van der Waals surface area contributed by atoms with Crippen molar-refractivity contribution in [1.29, 1.82) is 0 Å². The Morgan fingerprint density at radius 1 is 1.06 bits per heavy atom. The normalized spacial score (nSPS) is 16.1. The zero-order chi connectivity index (χ0) is 22.5. The van der Waals surface area contributed by atoms with Gasteiger partial charge in [0.05, 0.1) is 18.7 Å². The molecule has 0 aliphatic carbocycles. The van der Waals surface area contributed by atoms with Gasteiger partial charge in [-0.1, -0.05) is 12.1 Å². The number of halogens is 1. The summed E-state index contributed by atoms with van der Waals surface area (Å²) in [6, 6.07) is 11.5. The van der Waals surface area contributed by atoms with E-state index in [2.05, 4.69) is 0 Å². The van der Waals surface area contributed by atoms with Gasteiger partial charge in [0.25, 0.3) is 5.91 Å². The first-order chi connectivity index (χ1) is 14.8. The summed E-state index contributed by atoms with van der Waals surface area (Å²) in [6.45, 7) is 2.13. The van der Waals surface area contributed by atoms with Crippen molar-refractivity contribution in [2.24, 2.45) is 0 Å². The van der Waals surface area contributed by atoms with Crippen LogP contribution in [0.1, 0.15) is 18.9 Å². The summed E-state index contributed by atoms with van der Waals surface area (Å²) in [6.07, 6.45) is 0.291. The van der Waals surface area contributed by atoms with Crippen molar-refractivity contribution >= 4 is 29.3 Å². The predicted molar refractivity (Wildman–Crippen MR) is 115 cm³/mol. The van der Waals surface area contributed by atoms with E-state index in [0.29, 0.717) is 6.42 Å². The van der Waals surface area contributed by atoms with E-state index in [4.69, 9.17) is 4.74 Å². The molecule has 3 amide bonds. The standard InChI is InChI=1S/C23H26FN3O4/c1-4-31-21(28)15-20-22(29)27(19-11-7-17(24)8-12-19)23(30)26(20)14-13-16-5-9-18(10-6-16)25(2)3/h5-12,20H,4,13-15H2,1-3H3. The van der Waals surface area contributed by atoms with Gasteiger partial charge < -0.3 is 14.5 Å². The van der Waals surface area contributed by atoms with Crippen LogP contribution >= 0.6 is 0 Å². The number of nitrogens with zero attached hydrogens (tertiary/aromatic N) is 3. The lowest BCUT2D eigenvalue weighted by molar-refractivity contribution is -0.145. The molecule has 7 nitrogen and oxygen atoms in total. The van der Waals surface area contributed by atoms with Crippen LogP contribution in [0, 0.1) is 5.82 Å². The number of esters is 1. The van der Waals surface area contributed by atoms with Gasteiger partial charge in [0.2, 0.25) is 0 Å². The van der Waals surface area contributed by atoms with E-state index in [1.54, 1.807) is 6.92 Å². The summed E-state index contributed by atoms with van der Waals surface area (Å²) in [4.78, 5) is 42.6. The number of urea groups is 1. The largest absolute Gasteiger partial charge is 0.466 e. The van der Waals surface area contributed by atoms with Gasteiger partial charge in [0, 0.05) is 26.3 Å². The van der Waals surface area contributed by atoms with Crippen molar-refractivity contribution in [3.63, 3.8) is 0 Å². The van der Waals surface area contributed by atoms with Gasteiger partial charge in [-0.25, -0.2) is 14.1 Å². The molecule has 1 saturated heterocycles. The topological polar surface area (TPSA) is 70.2 Å². The Bertz CT molecular complexity index is 944. The number of benzene rings is 2. The van der Waals surface area contributed by atoms with Crippen molar-refractivity contribution < 1.29 is 23.5 Å². The first kappa shape index (κ1) is 22.3. The minimum Gasteiger partial charge on any atom is -0.466 e. The third kappa shape index (κ3) is 5.02. The number of carbonyl (C=O) groups excluding carboxylic acids is 3. The second-order valence-corrected chi connectivity index (χ2v) is 7.46. The monoisotopic (exact) mass is 427 g/mol. The molecule has 0 bridgehead atoms. The second-order valence-electron chi connectivity index (χ2n) is 7.46. The lowest BCUT2D eigenvalue weighted by Gasteiger charge is -2.21. The van der Waals surface area contributed by atoms with E-state index in [0.717, 1.165) is 16.2 Å². The van der Waals surface area contributed by atoms with Crippen molar-refractivity contribution in [2.45, 2.75) is 25.8 Å². The van der Waals surface area contributed by atoms with Gasteiger partial charge in [-0.3, -0.25) is 9.59 Å². The fourth-order valence-electron chi connectivity index (χ4n) is 3.50. The van der Waals surface area contributed by atoms with Crippen LogP contribution in [0.4, 0.5) is 20.6 Å². The number of rotatable bonds is 8. The highest BCUT2D eigenvalue weighted by molar-refractivity contribution is 6.21. The molecule has 0 N–H and O–H groups in total. The quantitative estimate of drug-likeness (QED) is 0.478. The molecule has 164 valence electrons. The second kappa shape index (κ2) is 9.59. The van der Waals surface area contributed by atoms with E-state index in [-0.39, 0.29) is 25.3 Å². The molecule has 0 saturated carbocycles. The smallest absolute Gasteiger partial charge is 0.332 e. The fraction of sp³-hybridized carbons (Fsp3) is 0.348. The number of amides is 3.